The molecule has 0 saturated carbocycles. The second-order valence-corrected chi connectivity index (χ2v) is 7.03. The molecule has 1 fully saturated rings. The van der Waals surface area contributed by atoms with Crippen molar-refractivity contribution in [1.82, 2.24) is 4.90 Å². The monoisotopic (exact) mass is 267 g/mol. The molecule has 1 saturated heterocycles. The highest BCUT2D eigenvalue weighted by atomic mass is 32.1. The molecule has 2 nitrogen and oxygen atoms in total. The van der Waals surface area contributed by atoms with Gasteiger partial charge in [-0.2, -0.15) is 0 Å². The van der Waals surface area contributed by atoms with E-state index in [2.05, 4.69) is 36.3 Å². The highest BCUT2D eigenvalue weighted by molar-refractivity contribution is 7.09. The maximum Gasteiger partial charge on any atom is 0.0675 e. The van der Waals surface area contributed by atoms with Gasteiger partial charge in [0.25, 0.3) is 0 Å². The summed E-state index contributed by atoms with van der Waals surface area (Å²) >= 11 is 1.80. The molecule has 1 aromatic heterocycles. The fourth-order valence-corrected chi connectivity index (χ4v) is 3.44. The van der Waals surface area contributed by atoms with Gasteiger partial charge >= 0.3 is 0 Å². The van der Waals surface area contributed by atoms with E-state index < -0.39 is 5.60 Å². The maximum atomic E-state index is 10.6. The van der Waals surface area contributed by atoms with Crippen LogP contribution in [0, 0.1) is 5.92 Å². The minimum atomic E-state index is -0.419. The van der Waals surface area contributed by atoms with E-state index in [0.29, 0.717) is 0 Å². The van der Waals surface area contributed by atoms with Crippen molar-refractivity contribution in [2.45, 2.75) is 45.1 Å². The van der Waals surface area contributed by atoms with Crippen LogP contribution in [0.1, 0.15) is 38.0 Å². The molecular formula is C15H25NOS. The van der Waals surface area contributed by atoms with Crippen LogP contribution in [0.5, 0.6) is 0 Å². The fourth-order valence-electron chi connectivity index (χ4n) is 2.73. The van der Waals surface area contributed by atoms with Crippen molar-refractivity contribution in [3.05, 3.63) is 22.4 Å². The molecule has 1 aromatic rings. The Bertz CT molecular complexity index is 339. The Hall–Kier alpha value is -0.380. The van der Waals surface area contributed by atoms with Gasteiger partial charge in [0.1, 0.15) is 0 Å². The lowest BCUT2D eigenvalue weighted by atomic mass is 9.86. The zero-order valence-electron chi connectivity index (χ0n) is 11.6. The highest BCUT2D eigenvalue weighted by Gasteiger charge is 2.31. The van der Waals surface area contributed by atoms with Gasteiger partial charge < -0.3 is 10.0 Å². The number of thiophene rings is 1. The van der Waals surface area contributed by atoms with E-state index in [4.69, 9.17) is 0 Å². The summed E-state index contributed by atoms with van der Waals surface area (Å²) in [6, 6.07) is 4.26. The predicted molar refractivity (Wildman–Crippen MR) is 78.1 cm³/mol. The van der Waals surface area contributed by atoms with E-state index in [1.807, 2.05) is 0 Å². The molecule has 0 spiro atoms. The third-order valence-corrected chi connectivity index (χ3v) is 4.76. The first-order chi connectivity index (χ1) is 8.57. The molecule has 0 atom stereocenters. The van der Waals surface area contributed by atoms with Crippen molar-refractivity contribution >= 4 is 11.3 Å². The van der Waals surface area contributed by atoms with Crippen molar-refractivity contribution in [2.75, 3.05) is 19.6 Å². The first-order valence-electron chi connectivity index (χ1n) is 7.04. The van der Waals surface area contributed by atoms with E-state index in [0.717, 1.165) is 44.7 Å². The number of likely N-dealkylation sites (tertiary alicyclic amines) is 1. The van der Waals surface area contributed by atoms with Gasteiger partial charge in [0, 0.05) is 24.5 Å². The van der Waals surface area contributed by atoms with Crippen molar-refractivity contribution < 1.29 is 5.11 Å². The molecule has 0 aromatic carbocycles. The van der Waals surface area contributed by atoms with Crippen LogP contribution >= 0.6 is 11.3 Å². The molecule has 1 aliphatic heterocycles. The smallest absolute Gasteiger partial charge is 0.0675 e. The van der Waals surface area contributed by atoms with E-state index in [1.165, 1.54) is 11.4 Å². The number of aryl methyl sites for hydroxylation is 1. The molecule has 3 heteroatoms. The minimum Gasteiger partial charge on any atom is -0.390 e. The Balaban J connectivity index is 1.76. The van der Waals surface area contributed by atoms with E-state index in [1.54, 1.807) is 11.3 Å². The molecule has 0 amide bonds. The van der Waals surface area contributed by atoms with Gasteiger partial charge in [0.2, 0.25) is 0 Å². The first-order valence-corrected chi connectivity index (χ1v) is 7.92. The van der Waals surface area contributed by atoms with Crippen molar-refractivity contribution in [3.8, 4) is 0 Å². The number of nitrogens with zero attached hydrogens (tertiary/aromatic N) is 1. The molecule has 2 rings (SSSR count). The van der Waals surface area contributed by atoms with Gasteiger partial charge in [-0.25, -0.2) is 0 Å². The first kappa shape index (κ1) is 14.0. The quantitative estimate of drug-likeness (QED) is 0.886. The molecule has 0 bridgehead atoms. The summed E-state index contributed by atoms with van der Waals surface area (Å²) < 4.78 is 0. The molecule has 1 N–H and O–H groups in total. The van der Waals surface area contributed by atoms with Gasteiger partial charge in [0.15, 0.2) is 0 Å². The molecular weight excluding hydrogens is 242 g/mol. The van der Waals surface area contributed by atoms with E-state index >= 15 is 0 Å². The Morgan fingerprint density at radius 3 is 2.67 bits per heavy atom. The summed E-state index contributed by atoms with van der Waals surface area (Å²) in [5.41, 5.74) is -0.419. The highest BCUT2D eigenvalue weighted by Crippen LogP contribution is 2.28. The average Bonchev–Trinajstić information content (AvgIpc) is 2.83. The second-order valence-electron chi connectivity index (χ2n) is 6.00. The summed E-state index contributed by atoms with van der Waals surface area (Å²) in [6.45, 7) is 7.80. The molecule has 1 aliphatic rings. The van der Waals surface area contributed by atoms with Crippen LogP contribution in [0.25, 0.3) is 0 Å². The van der Waals surface area contributed by atoms with Crippen LogP contribution < -0.4 is 0 Å². The lowest BCUT2D eigenvalue weighted by Crippen LogP contribution is -2.45. The van der Waals surface area contributed by atoms with Crippen LogP contribution in [0.2, 0.25) is 0 Å². The van der Waals surface area contributed by atoms with Gasteiger partial charge in [0.05, 0.1) is 5.60 Å². The fraction of sp³-hybridized carbons (Fsp3) is 0.733. The number of rotatable bonds is 5. The topological polar surface area (TPSA) is 23.5 Å². The predicted octanol–water partition coefficient (Wildman–Crippen LogP) is 3.16. The van der Waals surface area contributed by atoms with Gasteiger partial charge in [-0.05, 0) is 43.0 Å². The Labute approximate surface area is 115 Å². The molecule has 0 unspecified atom stereocenters. The minimum absolute atomic E-state index is 0.419. The lowest BCUT2D eigenvalue weighted by Gasteiger charge is -2.39. The third-order valence-electron chi connectivity index (χ3n) is 3.83. The molecule has 102 valence electrons. The van der Waals surface area contributed by atoms with Gasteiger partial charge in [-0.3, -0.25) is 0 Å². The molecule has 2 heterocycles. The second kappa shape index (κ2) is 6.18. The standard InChI is InChI=1S/C15H25NOS/c1-13(2)12-16-9-7-15(17,8-10-16)6-5-14-4-3-11-18-14/h3-4,11,13,17H,5-10,12H2,1-2H3. The van der Waals surface area contributed by atoms with Crippen LogP contribution in [0.15, 0.2) is 17.5 Å². The summed E-state index contributed by atoms with van der Waals surface area (Å²) in [5, 5.41) is 12.7. The van der Waals surface area contributed by atoms with Crippen LogP contribution in [0.3, 0.4) is 0 Å². The molecule has 0 aliphatic carbocycles. The number of hydrogen-bond acceptors (Lipinski definition) is 3. The Kier molecular flexibility index (Phi) is 4.82. The summed E-state index contributed by atoms with van der Waals surface area (Å²) in [7, 11) is 0. The lowest BCUT2D eigenvalue weighted by molar-refractivity contribution is -0.0291. The number of hydrogen-bond donors (Lipinski definition) is 1. The van der Waals surface area contributed by atoms with Crippen LogP contribution in [0.4, 0.5) is 0 Å². The van der Waals surface area contributed by atoms with Crippen LogP contribution in [-0.4, -0.2) is 35.2 Å². The molecule has 0 radical (unpaired) electrons. The summed E-state index contributed by atoms with van der Waals surface area (Å²) in [6.07, 6.45) is 3.82. The van der Waals surface area contributed by atoms with Crippen molar-refractivity contribution in [1.29, 1.82) is 0 Å². The summed E-state index contributed by atoms with van der Waals surface area (Å²) in [5.74, 6) is 0.724. The Morgan fingerprint density at radius 1 is 1.39 bits per heavy atom. The van der Waals surface area contributed by atoms with Crippen molar-refractivity contribution in [3.63, 3.8) is 0 Å². The number of aliphatic hydroxyl groups is 1. The zero-order chi connectivity index (χ0) is 13.0. The van der Waals surface area contributed by atoms with E-state index in [9.17, 15) is 5.11 Å². The van der Waals surface area contributed by atoms with Crippen LogP contribution in [-0.2, 0) is 6.42 Å². The number of piperidine rings is 1. The SMILES string of the molecule is CC(C)CN1CCC(O)(CCc2cccs2)CC1. The van der Waals surface area contributed by atoms with Crippen molar-refractivity contribution in [2.24, 2.45) is 5.92 Å². The normalized spacial score (nSPS) is 20.4. The van der Waals surface area contributed by atoms with Gasteiger partial charge in [-0.1, -0.05) is 19.9 Å². The largest absolute Gasteiger partial charge is 0.390 e. The zero-order valence-corrected chi connectivity index (χ0v) is 12.4. The molecule has 18 heavy (non-hydrogen) atoms. The Morgan fingerprint density at radius 2 is 2.11 bits per heavy atom. The van der Waals surface area contributed by atoms with Gasteiger partial charge in [-0.15, -0.1) is 11.3 Å². The maximum absolute atomic E-state index is 10.6. The average molecular weight is 267 g/mol. The van der Waals surface area contributed by atoms with E-state index in [-0.39, 0.29) is 0 Å². The third kappa shape index (κ3) is 4.08. The summed E-state index contributed by atoms with van der Waals surface area (Å²) in [4.78, 5) is 3.89.